The first-order valence-corrected chi connectivity index (χ1v) is 7.20. The molecule has 1 rings (SSSR count). The largest absolute Gasteiger partial charge is 0.338 e. The second kappa shape index (κ2) is 7.03. The van der Waals surface area contributed by atoms with E-state index in [1.807, 2.05) is 19.4 Å². The highest BCUT2D eigenvalue weighted by Crippen LogP contribution is 2.25. The summed E-state index contributed by atoms with van der Waals surface area (Å²) in [6.07, 6.45) is 5.70. The number of likely N-dealkylation sites (N-methyl/N-ethyl adjacent to an activating group) is 1. The predicted molar refractivity (Wildman–Crippen MR) is 79.6 cm³/mol. The van der Waals surface area contributed by atoms with Crippen molar-refractivity contribution in [3.05, 3.63) is 18.2 Å². The number of aromatic nitrogens is 2. The van der Waals surface area contributed by atoms with Crippen LogP contribution in [-0.2, 0) is 13.5 Å². The van der Waals surface area contributed by atoms with E-state index in [0.29, 0.717) is 0 Å². The molecule has 0 spiro atoms. The van der Waals surface area contributed by atoms with Gasteiger partial charge in [-0.05, 0) is 26.4 Å². The topological polar surface area (TPSA) is 59.1 Å². The van der Waals surface area contributed by atoms with Crippen molar-refractivity contribution < 1.29 is 0 Å². The molecule has 1 aromatic rings. The normalized spacial score (nSPS) is 16.6. The van der Waals surface area contributed by atoms with Crippen molar-refractivity contribution >= 4 is 0 Å². The van der Waals surface area contributed by atoms with Crippen molar-refractivity contribution in [2.45, 2.75) is 52.1 Å². The summed E-state index contributed by atoms with van der Waals surface area (Å²) >= 11 is 0. The second-order valence-corrected chi connectivity index (χ2v) is 5.26. The van der Waals surface area contributed by atoms with Crippen LogP contribution in [0.15, 0.2) is 12.4 Å². The zero-order chi connectivity index (χ0) is 14.5. The Morgan fingerprint density at radius 1 is 1.42 bits per heavy atom. The number of rotatable bonds is 8. The third kappa shape index (κ3) is 3.35. The first-order chi connectivity index (χ1) is 9.03. The van der Waals surface area contributed by atoms with Gasteiger partial charge in [0.2, 0.25) is 0 Å². The van der Waals surface area contributed by atoms with Gasteiger partial charge < -0.3 is 4.57 Å². The van der Waals surface area contributed by atoms with Crippen molar-refractivity contribution in [1.29, 1.82) is 0 Å². The van der Waals surface area contributed by atoms with Crippen LogP contribution in [-0.4, -0.2) is 39.1 Å². The van der Waals surface area contributed by atoms with Gasteiger partial charge in [0.15, 0.2) is 0 Å². The first-order valence-electron chi connectivity index (χ1n) is 7.20. The molecule has 3 N–H and O–H groups in total. The molecular formula is C14H29N5. The number of nitrogens with two attached hydrogens (primary N) is 1. The molecule has 0 saturated heterocycles. The van der Waals surface area contributed by atoms with E-state index in [1.165, 1.54) is 0 Å². The lowest BCUT2D eigenvalue weighted by molar-refractivity contribution is 0.0691. The molecule has 2 atom stereocenters. The van der Waals surface area contributed by atoms with Gasteiger partial charge in [-0.1, -0.05) is 20.8 Å². The lowest BCUT2D eigenvalue weighted by Gasteiger charge is -2.45. The van der Waals surface area contributed by atoms with Crippen LogP contribution in [0.2, 0.25) is 0 Å². The number of aryl methyl sites for hydroxylation is 1. The molecule has 0 fully saturated rings. The third-order valence-corrected chi connectivity index (χ3v) is 4.46. The zero-order valence-electron chi connectivity index (χ0n) is 13.0. The SMILES string of the molecule is CCN(CC)C(C)(CC)C(Cc1nccn1C)NN. The van der Waals surface area contributed by atoms with Crippen molar-refractivity contribution in [2.24, 2.45) is 12.9 Å². The summed E-state index contributed by atoms with van der Waals surface area (Å²) in [6, 6.07) is 0.179. The van der Waals surface area contributed by atoms with Crippen LogP contribution in [0.5, 0.6) is 0 Å². The molecule has 5 nitrogen and oxygen atoms in total. The maximum absolute atomic E-state index is 5.83. The molecule has 5 heteroatoms. The average Bonchev–Trinajstić information content (AvgIpc) is 2.82. The third-order valence-electron chi connectivity index (χ3n) is 4.46. The summed E-state index contributed by atoms with van der Waals surface area (Å²) in [5, 5.41) is 0. The highest BCUT2D eigenvalue weighted by Gasteiger charge is 2.37. The molecule has 0 radical (unpaired) electrons. The summed E-state index contributed by atoms with van der Waals surface area (Å²) in [4.78, 5) is 6.88. The minimum absolute atomic E-state index is 0.0319. The number of imidazole rings is 1. The number of nitrogens with one attached hydrogen (secondary N) is 1. The highest BCUT2D eigenvalue weighted by atomic mass is 15.3. The lowest BCUT2D eigenvalue weighted by Crippen LogP contribution is -2.61. The number of hydrogen-bond donors (Lipinski definition) is 2. The smallest absolute Gasteiger partial charge is 0.110 e. The summed E-state index contributed by atoms with van der Waals surface area (Å²) in [7, 11) is 2.02. The van der Waals surface area contributed by atoms with Gasteiger partial charge in [0.05, 0.1) is 0 Å². The van der Waals surface area contributed by atoms with Gasteiger partial charge in [0, 0.05) is 37.4 Å². The zero-order valence-corrected chi connectivity index (χ0v) is 13.0. The van der Waals surface area contributed by atoms with E-state index in [1.54, 1.807) is 0 Å². The van der Waals surface area contributed by atoms with Crippen molar-refractivity contribution in [1.82, 2.24) is 19.9 Å². The minimum Gasteiger partial charge on any atom is -0.338 e. The fourth-order valence-corrected chi connectivity index (χ4v) is 2.87. The summed E-state index contributed by atoms with van der Waals surface area (Å²) in [5.74, 6) is 6.90. The van der Waals surface area contributed by atoms with Gasteiger partial charge >= 0.3 is 0 Å². The van der Waals surface area contributed by atoms with Crippen molar-refractivity contribution in [2.75, 3.05) is 13.1 Å². The number of hydrazine groups is 1. The molecule has 0 aliphatic carbocycles. The van der Waals surface area contributed by atoms with Gasteiger partial charge in [0.25, 0.3) is 0 Å². The molecule has 0 aliphatic rings. The van der Waals surface area contributed by atoms with E-state index in [9.17, 15) is 0 Å². The Hall–Kier alpha value is -0.910. The van der Waals surface area contributed by atoms with E-state index in [-0.39, 0.29) is 11.6 Å². The Labute approximate surface area is 117 Å². The minimum atomic E-state index is 0.0319. The van der Waals surface area contributed by atoms with Crippen LogP contribution >= 0.6 is 0 Å². The number of nitrogens with zero attached hydrogens (tertiary/aromatic N) is 3. The number of hydrogen-bond acceptors (Lipinski definition) is 4. The van der Waals surface area contributed by atoms with Crippen molar-refractivity contribution in [3.63, 3.8) is 0 Å². The summed E-state index contributed by atoms with van der Waals surface area (Å²) in [5.41, 5.74) is 3.05. The molecule has 110 valence electrons. The molecule has 2 unspecified atom stereocenters. The maximum atomic E-state index is 5.83. The van der Waals surface area contributed by atoms with Gasteiger partial charge in [-0.2, -0.15) is 0 Å². The molecular weight excluding hydrogens is 238 g/mol. The van der Waals surface area contributed by atoms with E-state index in [2.05, 4.69) is 47.6 Å². The van der Waals surface area contributed by atoms with Crippen LogP contribution in [0.25, 0.3) is 0 Å². The Morgan fingerprint density at radius 2 is 2.05 bits per heavy atom. The van der Waals surface area contributed by atoms with E-state index < -0.39 is 0 Å². The van der Waals surface area contributed by atoms with Crippen LogP contribution < -0.4 is 11.3 Å². The van der Waals surface area contributed by atoms with E-state index >= 15 is 0 Å². The monoisotopic (exact) mass is 267 g/mol. The Bertz CT molecular complexity index is 372. The molecule has 0 bridgehead atoms. The van der Waals surface area contributed by atoms with E-state index in [4.69, 9.17) is 5.84 Å². The van der Waals surface area contributed by atoms with Crippen LogP contribution in [0.1, 0.15) is 39.9 Å². The van der Waals surface area contributed by atoms with Gasteiger partial charge in [-0.3, -0.25) is 16.2 Å². The second-order valence-electron chi connectivity index (χ2n) is 5.26. The molecule has 0 aromatic carbocycles. The average molecular weight is 267 g/mol. The Balaban J connectivity index is 2.95. The van der Waals surface area contributed by atoms with Gasteiger partial charge in [-0.15, -0.1) is 0 Å². The Kier molecular flexibility index (Phi) is 5.97. The van der Waals surface area contributed by atoms with Crippen molar-refractivity contribution in [3.8, 4) is 0 Å². The Morgan fingerprint density at radius 3 is 2.42 bits per heavy atom. The molecule has 19 heavy (non-hydrogen) atoms. The summed E-state index contributed by atoms with van der Waals surface area (Å²) in [6.45, 7) is 11.0. The lowest BCUT2D eigenvalue weighted by atomic mass is 9.85. The highest BCUT2D eigenvalue weighted by molar-refractivity contribution is 5.02. The molecule has 0 saturated carbocycles. The summed E-state index contributed by atoms with van der Waals surface area (Å²) < 4.78 is 2.06. The van der Waals surface area contributed by atoms with Crippen LogP contribution in [0.3, 0.4) is 0 Å². The quantitative estimate of drug-likeness (QED) is 0.551. The van der Waals surface area contributed by atoms with Crippen LogP contribution in [0, 0.1) is 0 Å². The fourth-order valence-electron chi connectivity index (χ4n) is 2.87. The van der Waals surface area contributed by atoms with Crippen LogP contribution in [0.4, 0.5) is 0 Å². The molecule has 1 aromatic heterocycles. The first kappa shape index (κ1) is 16.1. The maximum Gasteiger partial charge on any atom is 0.110 e. The molecule has 0 amide bonds. The van der Waals surface area contributed by atoms with Gasteiger partial charge in [-0.25, -0.2) is 4.98 Å². The van der Waals surface area contributed by atoms with Gasteiger partial charge in [0.1, 0.15) is 5.82 Å². The molecule has 1 heterocycles. The standard InChI is InChI=1S/C14H29N5/c1-6-14(4,19(7-2)8-3)12(17-15)11-13-16-9-10-18(13)5/h9-10,12,17H,6-8,11,15H2,1-5H3. The fraction of sp³-hybridized carbons (Fsp3) is 0.786. The van der Waals surface area contributed by atoms with E-state index in [0.717, 1.165) is 31.8 Å². The molecule has 0 aliphatic heterocycles. The predicted octanol–water partition coefficient (Wildman–Crippen LogP) is 1.31.